The maximum Gasteiger partial charge on any atom is 0.256 e. The molecule has 1 aliphatic carbocycles. The average molecular weight is 394 g/mol. The van der Waals surface area contributed by atoms with E-state index in [0.717, 1.165) is 18.8 Å². The molecule has 7 heteroatoms. The zero-order valence-electron chi connectivity index (χ0n) is 16.2. The monoisotopic (exact) mass is 393 g/mol. The Kier molecular flexibility index (Phi) is 6.27. The van der Waals surface area contributed by atoms with Crippen molar-refractivity contribution < 1.29 is 14.3 Å². The summed E-state index contributed by atoms with van der Waals surface area (Å²) in [5.41, 5.74) is 0.799. The number of ether oxygens (including phenoxy) is 1. The van der Waals surface area contributed by atoms with Gasteiger partial charge in [0.25, 0.3) is 5.91 Å². The molecule has 1 aromatic carbocycles. The molecule has 1 saturated carbocycles. The van der Waals surface area contributed by atoms with Crippen molar-refractivity contribution in [3.63, 3.8) is 0 Å². The van der Waals surface area contributed by atoms with Gasteiger partial charge in [-0.15, -0.1) is 0 Å². The zero-order valence-corrected chi connectivity index (χ0v) is 16.9. The molecular weight excluding hydrogens is 366 g/mol. The number of likely N-dealkylation sites (tertiary alicyclic amines) is 1. The predicted octanol–water partition coefficient (Wildman–Crippen LogP) is 3.65. The van der Waals surface area contributed by atoms with Gasteiger partial charge in [-0.05, 0) is 44.7 Å². The van der Waals surface area contributed by atoms with Gasteiger partial charge in [0.1, 0.15) is 5.75 Å². The van der Waals surface area contributed by atoms with Crippen molar-refractivity contribution >= 4 is 29.1 Å². The molecule has 148 valence electrons. The Labute approximate surface area is 165 Å². The van der Waals surface area contributed by atoms with Gasteiger partial charge in [-0.2, -0.15) is 0 Å². The molecular formula is C20H28ClN3O3. The van der Waals surface area contributed by atoms with Crippen LogP contribution in [-0.4, -0.2) is 43.1 Å². The highest BCUT2D eigenvalue weighted by molar-refractivity contribution is 6.34. The number of halogens is 1. The Hall–Kier alpha value is -1.79. The highest BCUT2D eigenvalue weighted by Gasteiger charge is 2.37. The normalized spacial score (nSPS) is 25.4. The van der Waals surface area contributed by atoms with Crippen molar-refractivity contribution in [2.75, 3.05) is 19.5 Å². The first-order valence-electron chi connectivity index (χ1n) is 9.58. The number of carbonyl (C=O) groups is 2. The van der Waals surface area contributed by atoms with Crippen LogP contribution in [-0.2, 0) is 4.79 Å². The minimum atomic E-state index is -0.234. The molecule has 1 saturated heterocycles. The lowest BCUT2D eigenvalue weighted by atomic mass is 9.78. The number of methoxy groups -OCH3 is 1. The van der Waals surface area contributed by atoms with E-state index in [9.17, 15) is 9.59 Å². The lowest BCUT2D eigenvalue weighted by Crippen LogP contribution is -2.56. The summed E-state index contributed by atoms with van der Waals surface area (Å²) in [5, 5.41) is 6.09. The number of piperidine rings is 1. The Morgan fingerprint density at radius 2 is 1.93 bits per heavy atom. The Balaban J connectivity index is 1.75. The number of benzene rings is 1. The van der Waals surface area contributed by atoms with Crippen LogP contribution in [0, 0.1) is 5.92 Å². The summed E-state index contributed by atoms with van der Waals surface area (Å²) in [6.45, 7) is 1.40. The molecule has 3 rings (SSSR count). The van der Waals surface area contributed by atoms with E-state index in [1.54, 1.807) is 12.1 Å². The van der Waals surface area contributed by atoms with Crippen molar-refractivity contribution in [3.05, 3.63) is 22.7 Å². The highest BCUT2D eigenvalue weighted by atomic mass is 35.5. The minimum Gasteiger partial charge on any atom is -0.496 e. The molecule has 27 heavy (non-hydrogen) atoms. The summed E-state index contributed by atoms with van der Waals surface area (Å²) in [4.78, 5) is 26.5. The molecule has 1 aromatic rings. The van der Waals surface area contributed by atoms with E-state index in [4.69, 9.17) is 16.3 Å². The summed E-state index contributed by atoms with van der Waals surface area (Å²) in [6.07, 6.45) is 7.19. The summed E-state index contributed by atoms with van der Waals surface area (Å²) < 4.78 is 5.36. The molecule has 2 aliphatic rings. The number of anilines is 1. The van der Waals surface area contributed by atoms with Gasteiger partial charge in [0.2, 0.25) is 5.91 Å². The summed E-state index contributed by atoms with van der Waals surface area (Å²) >= 11 is 6.25. The van der Waals surface area contributed by atoms with Crippen molar-refractivity contribution in [2.45, 2.75) is 57.7 Å². The van der Waals surface area contributed by atoms with Gasteiger partial charge < -0.3 is 15.4 Å². The molecule has 3 unspecified atom stereocenters. The van der Waals surface area contributed by atoms with Crippen molar-refractivity contribution in [2.24, 2.45) is 5.92 Å². The number of nitrogens with zero attached hydrogens (tertiary/aromatic N) is 1. The Morgan fingerprint density at radius 3 is 2.63 bits per heavy atom. The van der Waals surface area contributed by atoms with Crippen LogP contribution in [0.25, 0.3) is 0 Å². The summed E-state index contributed by atoms with van der Waals surface area (Å²) in [6, 6.07) is 3.68. The van der Waals surface area contributed by atoms with E-state index in [1.807, 2.05) is 0 Å². The van der Waals surface area contributed by atoms with E-state index in [2.05, 4.69) is 22.6 Å². The third-order valence-corrected chi connectivity index (χ3v) is 6.15. The Morgan fingerprint density at radius 1 is 1.19 bits per heavy atom. The minimum absolute atomic E-state index is 0.00959. The number of amides is 2. The second-order valence-corrected chi connectivity index (χ2v) is 7.96. The third kappa shape index (κ3) is 4.38. The average Bonchev–Trinajstić information content (AvgIpc) is 2.65. The largest absolute Gasteiger partial charge is 0.496 e. The molecule has 0 aromatic heterocycles. The standard InChI is InChI=1S/C20H28ClN3O3/c1-12(25)22-16-11-18(27-3)14(10-15(16)21)20(26)23-19-9-8-13-6-4-5-7-17(13)24(19)2/h10-11,13,17,19H,4-9H2,1-3H3,(H,22,25)(H,23,26). The van der Waals surface area contributed by atoms with E-state index < -0.39 is 0 Å². The van der Waals surface area contributed by atoms with Crippen LogP contribution in [0.15, 0.2) is 12.1 Å². The fourth-order valence-corrected chi connectivity index (χ4v) is 4.67. The molecule has 2 fully saturated rings. The van der Waals surface area contributed by atoms with Crippen LogP contribution in [0.5, 0.6) is 5.75 Å². The van der Waals surface area contributed by atoms with E-state index in [0.29, 0.717) is 28.1 Å². The second kappa shape index (κ2) is 8.48. The molecule has 3 atom stereocenters. The van der Waals surface area contributed by atoms with Gasteiger partial charge in [-0.1, -0.05) is 24.4 Å². The van der Waals surface area contributed by atoms with Gasteiger partial charge in [-0.3, -0.25) is 14.5 Å². The van der Waals surface area contributed by atoms with Crippen LogP contribution >= 0.6 is 11.6 Å². The van der Waals surface area contributed by atoms with Crippen LogP contribution in [0.1, 0.15) is 55.8 Å². The second-order valence-electron chi connectivity index (χ2n) is 7.56. The van der Waals surface area contributed by atoms with E-state index in [1.165, 1.54) is 39.7 Å². The summed E-state index contributed by atoms with van der Waals surface area (Å²) in [5.74, 6) is 0.684. The molecule has 6 nitrogen and oxygen atoms in total. The van der Waals surface area contributed by atoms with Gasteiger partial charge in [0, 0.05) is 19.0 Å². The summed E-state index contributed by atoms with van der Waals surface area (Å²) in [7, 11) is 3.61. The van der Waals surface area contributed by atoms with Gasteiger partial charge in [0.15, 0.2) is 0 Å². The maximum absolute atomic E-state index is 12.9. The maximum atomic E-state index is 12.9. The van der Waals surface area contributed by atoms with Crippen LogP contribution in [0.3, 0.4) is 0 Å². The lowest BCUT2D eigenvalue weighted by molar-refractivity contribution is -0.114. The highest BCUT2D eigenvalue weighted by Crippen LogP contribution is 2.37. The van der Waals surface area contributed by atoms with Gasteiger partial charge in [-0.25, -0.2) is 0 Å². The van der Waals surface area contributed by atoms with Gasteiger partial charge >= 0.3 is 0 Å². The van der Waals surface area contributed by atoms with E-state index >= 15 is 0 Å². The molecule has 0 spiro atoms. The smallest absolute Gasteiger partial charge is 0.256 e. The quantitative estimate of drug-likeness (QED) is 0.819. The zero-order chi connectivity index (χ0) is 19.6. The van der Waals surface area contributed by atoms with Gasteiger partial charge in [0.05, 0.1) is 29.5 Å². The first-order chi connectivity index (χ1) is 12.9. The number of hydrogen-bond acceptors (Lipinski definition) is 4. The fourth-order valence-electron chi connectivity index (χ4n) is 4.46. The number of carbonyl (C=O) groups excluding carboxylic acids is 2. The number of hydrogen-bond donors (Lipinski definition) is 2. The molecule has 1 aliphatic heterocycles. The van der Waals surface area contributed by atoms with Crippen LogP contribution in [0.4, 0.5) is 5.69 Å². The third-order valence-electron chi connectivity index (χ3n) is 5.84. The fraction of sp³-hybridized carbons (Fsp3) is 0.600. The topological polar surface area (TPSA) is 70.7 Å². The first kappa shape index (κ1) is 20.0. The molecule has 0 radical (unpaired) electrons. The molecule has 0 bridgehead atoms. The molecule has 2 N–H and O–H groups in total. The van der Waals surface area contributed by atoms with Crippen molar-refractivity contribution in [1.82, 2.24) is 10.2 Å². The predicted molar refractivity (Wildman–Crippen MR) is 106 cm³/mol. The number of rotatable bonds is 4. The molecule has 1 heterocycles. The number of nitrogens with one attached hydrogen (secondary N) is 2. The SMILES string of the molecule is COc1cc(NC(C)=O)c(Cl)cc1C(=O)NC1CCC2CCCCC2N1C. The lowest BCUT2D eigenvalue weighted by Gasteiger charge is -2.46. The molecule has 2 amide bonds. The van der Waals surface area contributed by atoms with E-state index in [-0.39, 0.29) is 18.0 Å². The van der Waals surface area contributed by atoms with Crippen LogP contribution < -0.4 is 15.4 Å². The van der Waals surface area contributed by atoms with Crippen molar-refractivity contribution in [3.8, 4) is 5.75 Å². The Bertz CT molecular complexity index is 725. The van der Waals surface area contributed by atoms with Crippen molar-refractivity contribution in [1.29, 1.82) is 0 Å². The first-order valence-corrected chi connectivity index (χ1v) is 9.96. The van der Waals surface area contributed by atoms with Crippen LogP contribution in [0.2, 0.25) is 5.02 Å². The number of fused-ring (bicyclic) bond motifs is 1.